The molecule has 0 radical (unpaired) electrons. The molecule has 5 rings (SSSR count). The van der Waals surface area contributed by atoms with Crippen LogP contribution in [0.3, 0.4) is 0 Å². The molecule has 0 amide bonds. The standard InChI is InChI=1S/C30H23BrN2O4/c1-3-36-30(35)25-17(2)33-28-21-10-6-7-11-22(21)29(34)27(28)26(25)18-12-13-24(23(31)14-18)37-16-20-9-5-4-8-19(20)15-32/h4-14,26,33H,3,16H2,1-2H3/t26-/m0/s1. The first-order chi connectivity index (χ1) is 17.9. The number of rotatable bonds is 6. The van der Waals surface area contributed by atoms with E-state index in [2.05, 4.69) is 27.3 Å². The van der Waals surface area contributed by atoms with Crippen LogP contribution < -0.4 is 10.1 Å². The van der Waals surface area contributed by atoms with Crippen LogP contribution in [0.4, 0.5) is 0 Å². The van der Waals surface area contributed by atoms with Crippen molar-refractivity contribution in [3.63, 3.8) is 0 Å². The van der Waals surface area contributed by atoms with Crippen molar-refractivity contribution >= 4 is 33.4 Å². The summed E-state index contributed by atoms with van der Waals surface area (Å²) in [5.41, 5.74) is 5.84. The van der Waals surface area contributed by atoms with Crippen LogP contribution in [-0.2, 0) is 16.1 Å². The van der Waals surface area contributed by atoms with Crippen LogP contribution in [0.25, 0.3) is 5.70 Å². The lowest BCUT2D eigenvalue weighted by Gasteiger charge is -2.29. The van der Waals surface area contributed by atoms with Gasteiger partial charge in [0.25, 0.3) is 0 Å². The first kappa shape index (κ1) is 24.5. The van der Waals surface area contributed by atoms with Crippen molar-refractivity contribution < 1.29 is 19.1 Å². The molecule has 1 aliphatic carbocycles. The van der Waals surface area contributed by atoms with E-state index in [0.717, 1.165) is 22.4 Å². The van der Waals surface area contributed by atoms with E-state index >= 15 is 0 Å². The normalized spacial score (nSPS) is 16.1. The molecule has 1 atom stereocenters. The van der Waals surface area contributed by atoms with Crippen LogP contribution in [0.1, 0.15) is 52.4 Å². The predicted molar refractivity (Wildman–Crippen MR) is 143 cm³/mol. The largest absolute Gasteiger partial charge is 0.488 e. The van der Waals surface area contributed by atoms with Gasteiger partial charge in [0, 0.05) is 33.9 Å². The van der Waals surface area contributed by atoms with Crippen molar-refractivity contribution in [1.82, 2.24) is 5.32 Å². The molecule has 1 heterocycles. The van der Waals surface area contributed by atoms with Gasteiger partial charge < -0.3 is 14.8 Å². The maximum absolute atomic E-state index is 13.6. The van der Waals surface area contributed by atoms with E-state index < -0.39 is 11.9 Å². The van der Waals surface area contributed by atoms with Gasteiger partial charge in [-0.05, 0) is 53.5 Å². The highest BCUT2D eigenvalue weighted by molar-refractivity contribution is 9.10. The molecule has 0 bridgehead atoms. The number of halogens is 1. The maximum Gasteiger partial charge on any atom is 0.336 e. The number of ether oxygens (including phenoxy) is 2. The summed E-state index contributed by atoms with van der Waals surface area (Å²) < 4.78 is 12.1. The predicted octanol–water partition coefficient (Wildman–Crippen LogP) is 6.03. The fourth-order valence-electron chi connectivity index (χ4n) is 4.87. The monoisotopic (exact) mass is 554 g/mol. The molecule has 0 saturated carbocycles. The molecule has 1 aliphatic heterocycles. The zero-order valence-corrected chi connectivity index (χ0v) is 21.9. The van der Waals surface area contributed by atoms with Crippen LogP contribution in [0, 0.1) is 11.3 Å². The zero-order chi connectivity index (χ0) is 26.1. The van der Waals surface area contributed by atoms with Crippen LogP contribution in [0.15, 0.2) is 88.0 Å². The Morgan fingerprint density at radius 2 is 1.81 bits per heavy atom. The van der Waals surface area contributed by atoms with E-state index in [0.29, 0.717) is 38.2 Å². The minimum absolute atomic E-state index is 0.109. The van der Waals surface area contributed by atoms with Gasteiger partial charge in [-0.25, -0.2) is 4.79 Å². The Labute approximate surface area is 223 Å². The van der Waals surface area contributed by atoms with Crippen molar-refractivity contribution in [3.8, 4) is 11.8 Å². The van der Waals surface area contributed by atoms with Crippen molar-refractivity contribution in [3.05, 3.63) is 116 Å². The molecule has 184 valence electrons. The highest BCUT2D eigenvalue weighted by Gasteiger charge is 2.43. The number of dihydropyridines is 1. The first-order valence-corrected chi connectivity index (χ1v) is 12.7. The number of Topliss-reactive ketones (excluding diaryl/α,β-unsaturated/α-hetero) is 1. The lowest BCUT2D eigenvalue weighted by atomic mass is 9.80. The van der Waals surface area contributed by atoms with Crippen molar-refractivity contribution in [2.45, 2.75) is 26.4 Å². The number of benzene rings is 3. The first-order valence-electron chi connectivity index (χ1n) is 11.9. The third kappa shape index (κ3) is 4.34. The Hall–Kier alpha value is -4.15. The topological polar surface area (TPSA) is 88.4 Å². The van der Waals surface area contributed by atoms with Crippen LogP contribution in [0.5, 0.6) is 5.75 Å². The second kappa shape index (κ2) is 10.1. The van der Waals surface area contributed by atoms with Crippen molar-refractivity contribution in [2.75, 3.05) is 6.61 Å². The van der Waals surface area contributed by atoms with Crippen LogP contribution in [0.2, 0.25) is 0 Å². The average Bonchev–Trinajstić information content (AvgIpc) is 3.18. The molecule has 1 N–H and O–H groups in total. The molecule has 0 saturated heterocycles. The van der Waals surface area contributed by atoms with E-state index in [1.54, 1.807) is 25.1 Å². The highest BCUT2D eigenvalue weighted by atomic mass is 79.9. The fraction of sp³-hybridized carbons (Fsp3) is 0.167. The zero-order valence-electron chi connectivity index (χ0n) is 20.3. The number of allylic oxidation sites excluding steroid dienone is 2. The minimum atomic E-state index is -0.611. The summed E-state index contributed by atoms with van der Waals surface area (Å²) in [6, 6.07) is 22.4. The average molecular weight is 555 g/mol. The van der Waals surface area contributed by atoms with Gasteiger partial charge in [-0.1, -0.05) is 48.5 Å². The van der Waals surface area contributed by atoms with E-state index in [-0.39, 0.29) is 19.0 Å². The number of carbonyl (C=O) groups excluding carboxylic acids is 2. The van der Waals surface area contributed by atoms with E-state index in [9.17, 15) is 14.9 Å². The minimum Gasteiger partial charge on any atom is -0.488 e. The Bertz CT molecular complexity index is 1550. The van der Waals surface area contributed by atoms with Crippen LogP contribution in [-0.4, -0.2) is 18.4 Å². The van der Waals surface area contributed by atoms with Crippen molar-refractivity contribution in [1.29, 1.82) is 5.26 Å². The van der Waals surface area contributed by atoms with Gasteiger partial charge >= 0.3 is 5.97 Å². The smallest absolute Gasteiger partial charge is 0.336 e. The lowest BCUT2D eigenvalue weighted by molar-refractivity contribution is -0.138. The molecule has 3 aromatic carbocycles. The van der Waals surface area contributed by atoms with Gasteiger partial charge in [0.1, 0.15) is 12.4 Å². The molecule has 2 aliphatic rings. The molecular formula is C30H23BrN2O4. The molecule has 37 heavy (non-hydrogen) atoms. The second-order valence-electron chi connectivity index (χ2n) is 8.73. The number of hydrogen-bond donors (Lipinski definition) is 1. The number of nitrogens with one attached hydrogen (secondary N) is 1. The number of fused-ring (bicyclic) bond motifs is 2. The van der Waals surface area contributed by atoms with Gasteiger partial charge in [0.05, 0.1) is 34.0 Å². The Balaban J connectivity index is 1.54. The second-order valence-corrected chi connectivity index (χ2v) is 9.58. The Morgan fingerprint density at radius 1 is 1.08 bits per heavy atom. The van der Waals surface area contributed by atoms with Gasteiger partial charge in [0.15, 0.2) is 5.78 Å². The van der Waals surface area contributed by atoms with Gasteiger partial charge in [0.2, 0.25) is 0 Å². The lowest BCUT2D eigenvalue weighted by Crippen LogP contribution is -2.29. The number of esters is 1. The van der Waals surface area contributed by atoms with Gasteiger partial charge in [-0.3, -0.25) is 4.79 Å². The Morgan fingerprint density at radius 3 is 2.54 bits per heavy atom. The van der Waals surface area contributed by atoms with E-state index in [1.807, 2.05) is 55.5 Å². The summed E-state index contributed by atoms with van der Waals surface area (Å²) >= 11 is 3.60. The molecule has 0 fully saturated rings. The number of nitrogens with zero attached hydrogens (tertiary/aromatic N) is 1. The number of ketones is 1. The van der Waals surface area contributed by atoms with Crippen LogP contribution >= 0.6 is 15.9 Å². The molecule has 6 nitrogen and oxygen atoms in total. The van der Waals surface area contributed by atoms with Gasteiger partial charge in [-0.2, -0.15) is 5.26 Å². The maximum atomic E-state index is 13.6. The fourth-order valence-corrected chi connectivity index (χ4v) is 5.38. The third-order valence-electron chi connectivity index (χ3n) is 6.55. The molecular weight excluding hydrogens is 532 g/mol. The third-order valence-corrected chi connectivity index (χ3v) is 7.17. The molecule has 0 spiro atoms. The summed E-state index contributed by atoms with van der Waals surface area (Å²) in [5, 5.41) is 12.7. The van der Waals surface area contributed by atoms with E-state index in [4.69, 9.17) is 9.47 Å². The molecule has 0 aromatic heterocycles. The summed E-state index contributed by atoms with van der Waals surface area (Å²) in [6.07, 6.45) is 0. The molecule has 0 unspecified atom stereocenters. The molecule has 3 aromatic rings. The quantitative estimate of drug-likeness (QED) is 0.374. The number of hydrogen-bond acceptors (Lipinski definition) is 6. The SMILES string of the molecule is CCOC(=O)C1=C(C)NC2=C(C(=O)c3ccccc32)[C@H]1c1ccc(OCc2ccccc2C#N)c(Br)c1. The summed E-state index contributed by atoms with van der Waals surface area (Å²) in [5.74, 6) is -0.599. The number of nitriles is 1. The summed E-state index contributed by atoms with van der Waals surface area (Å²) in [7, 11) is 0. The number of carbonyl (C=O) groups is 2. The highest BCUT2D eigenvalue weighted by Crippen LogP contribution is 2.47. The summed E-state index contributed by atoms with van der Waals surface area (Å²) in [6.45, 7) is 4.04. The van der Waals surface area contributed by atoms with E-state index in [1.165, 1.54) is 0 Å². The summed E-state index contributed by atoms with van der Waals surface area (Å²) in [4.78, 5) is 26.7. The van der Waals surface area contributed by atoms with Crippen molar-refractivity contribution in [2.24, 2.45) is 0 Å². The van der Waals surface area contributed by atoms with Gasteiger partial charge in [-0.15, -0.1) is 0 Å². The molecule has 7 heteroatoms. The Kier molecular flexibility index (Phi) is 6.68.